The highest BCUT2D eigenvalue weighted by Crippen LogP contribution is 2.39. The molecule has 0 saturated carbocycles. The number of rotatable bonds is 7. The first kappa shape index (κ1) is 25.6. The smallest absolute Gasteiger partial charge is 0.252 e. The third kappa shape index (κ3) is 4.93. The molecule has 2 heterocycles. The van der Waals surface area contributed by atoms with Crippen LogP contribution in [0.4, 0.5) is 10.1 Å². The van der Waals surface area contributed by atoms with E-state index >= 15 is 0 Å². The number of carbonyl (C=O) groups excluding carboxylic acids is 3. The number of likely N-dealkylation sites (tertiary alicyclic amines) is 1. The molecule has 8 nitrogen and oxygen atoms in total. The van der Waals surface area contributed by atoms with Crippen molar-refractivity contribution in [2.45, 2.75) is 37.8 Å². The minimum atomic E-state index is -0.919. The Hall–Kier alpha value is -3.46. The Morgan fingerprint density at radius 2 is 1.83 bits per heavy atom. The molecule has 0 unspecified atom stereocenters. The number of methoxy groups -OCH3 is 1. The standard InChI is InChI=1S/C27H33FN4O4/c1-4-19-14-20(16-21(28)15-19)24(33)29-23(17-36-3)25(34)31-12-10-27(11-13-31)26(35)30(2)18-32(27)22-8-6-5-7-9-22/h5-9,14-16,23H,4,10-13,17-18H2,1-3H3,(H,29,33)/t23-/m1/s1. The van der Waals surface area contributed by atoms with E-state index in [9.17, 15) is 18.8 Å². The number of benzene rings is 2. The van der Waals surface area contributed by atoms with Gasteiger partial charge in [0.2, 0.25) is 11.8 Å². The number of piperidine rings is 1. The van der Waals surface area contributed by atoms with Crippen LogP contribution < -0.4 is 10.2 Å². The van der Waals surface area contributed by atoms with Gasteiger partial charge in [-0.25, -0.2) is 4.39 Å². The van der Waals surface area contributed by atoms with Crippen LogP contribution >= 0.6 is 0 Å². The van der Waals surface area contributed by atoms with E-state index in [4.69, 9.17) is 4.74 Å². The molecule has 0 aliphatic carbocycles. The van der Waals surface area contributed by atoms with Crippen molar-refractivity contribution >= 4 is 23.4 Å². The van der Waals surface area contributed by atoms with Gasteiger partial charge in [-0.05, 0) is 55.2 Å². The average molecular weight is 497 g/mol. The maximum Gasteiger partial charge on any atom is 0.252 e. The highest BCUT2D eigenvalue weighted by Gasteiger charge is 2.53. The van der Waals surface area contributed by atoms with E-state index < -0.39 is 23.3 Å². The van der Waals surface area contributed by atoms with Gasteiger partial charge in [-0.3, -0.25) is 14.4 Å². The molecule has 4 rings (SSSR count). The molecule has 2 aliphatic heterocycles. The molecule has 0 bridgehead atoms. The Bertz CT molecular complexity index is 1120. The summed E-state index contributed by atoms with van der Waals surface area (Å²) in [4.78, 5) is 45.0. The fourth-order valence-corrected chi connectivity index (χ4v) is 5.19. The summed E-state index contributed by atoms with van der Waals surface area (Å²) >= 11 is 0. The second kappa shape index (κ2) is 10.7. The van der Waals surface area contributed by atoms with Gasteiger partial charge in [0.15, 0.2) is 0 Å². The summed E-state index contributed by atoms with van der Waals surface area (Å²) < 4.78 is 19.2. The molecule has 1 N–H and O–H groups in total. The Kier molecular flexibility index (Phi) is 7.59. The number of para-hydroxylation sites is 1. The first-order valence-corrected chi connectivity index (χ1v) is 12.3. The van der Waals surface area contributed by atoms with E-state index in [1.807, 2.05) is 37.3 Å². The van der Waals surface area contributed by atoms with Crippen LogP contribution in [0.15, 0.2) is 48.5 Å². The summed E-state index contributed by atoms with van der Waals surface area (Å²) in [5.74, 6) is -1.25. The van der Waals surface area contributed by atoms with Crippen molar-refractivity contribution in [1.29, 1.82) is 0 Å². The summed E-state index contributed by atoms with van der Waals surface area (Å²) in [5.41, 5.74) is 1.13. The molecule has 2 fully saturated rings. The van der Waals surface area contributed by atoms with Crippen LogP contribution in [0.25, 0.3) is 0 Å². The Morgan fingerprint density at radius 1 is 1.14 bits per heavy atom. The van der Waals surface area contributed by atoms with Gasteiger partial charge in [-0.15, -0.1) is 0 Å². The second-order valence-corrected chi connectivity index (χ2v) is 9.45. The number of nitrogens with one attached hydrogen (secondary N) is 1. The van der Waals surface area contributed by atoms with Crippen molar-refractivity contribution in [2.24, 2.45) is 0 Å². The molecule has 0 aromatic heterocycles. The van der Waals surface area contributed by atoms with Crippen LogP contribution in [0.1, 0.15) is 35.7 Å². The van der Waals surface area contributed by atoms with Crippen molar-refractivity contribution in [3.05, 3.63) is 65.5 Å². The summed E-state index contributed by atoms with van der Waals surface area (Å²) in [5, 5.41) is 2.71. The molecule has 2 aliphatic rings. The van der Waals surface area contributed by atoms with Gasteiger partial charge in [0.25, 0.3) is 5.91 Å². The van der Waals surface area contributed by atoms with E-state index in [2.05, 4.69) is 10.2 Å². The molecule has 1 atom stereocenters. The van der Waals surface area contributed by atoms with Gasteiger partial charge in [-0.1, -0.05) is 25.1 Å². The fourth-order valence-electron chi connectivity index (χ4n) is 5.19. The van der Waals surface area contributed by atoms with Gasteiger partial charge in [0.05, 0.1) is 13.3 Å². The van der Waals surface area contributed by atoms with Crippen LogP contribution in [0.2, 0.25) is 0 Å². The zero-order chi connectivity index (χ0) is 25.9. The number of nitrogens with zero attached hydrogens (tertiary/aromatic N) is 3. The molecule has 2 aromatic rings. The monoisotopic (exact) mass is 496 g/mol. The fraction of sp³-hybridized carbons (Fsp3) is 0.444. The lowest BCUT2D eigenvalue weighted by atomic mass is 9.85. The van der Waals surface area contributed by atoms with Crippen LogP contribution in [0.5, 0.6) is 0 Å². The minimum absolute atomic E-state index is 0.0139. The lowest BCUT2D eigenvalue weighted by Crippen LogP contribution is -2.60. The first-order chi connectivity index (χ1) is 17.3. The number of hydrogen-bond acceptors (Lipinski definition) is 5. The molecule has 192 valence electrons. The van der Waals surface area contributed by atoms with Crippen molar-refractivity contribution in [1.82, 2.24) is 15.1 Å². The zero-order valence-electron chi connectivity index (χ0n) is 21.0. The SMILES string of the molecule is CCc1cc(F)cc(C(=O)N[C@H](COC)C(=O)N2CCC3(CC2)C(=O)N(C)CN3c2ccccc2)c1. The maximum atomic E-state index is 14.0. The second-order valence-electron chi connectivity index (χ2n) is 9.45. The van der Waals surface area contributed by atoms with Crippen LogP contribution in [-0.2, 0) is 20.7 Å². The Morgan fingerprint density at radius 3 is 2.47 bits per heavy atom. The number of halogens is 1. The van der Waals surface area contributed by atoms with Crippen molar-refractivity contribution < 1.29 is 23.5 Å². The zero-order valence-corrected chi connectivity index (χ0v) is 21.0. The van der Waals surface area contributed by atoms with E-state index in [1.54, 1.807) is 22.9 Å². The summed E-state index contributed by atoms with van der Waals surface area (Å²) in [6.45, 7) is 3.10. The average Bonchev–Trinajstić information content (AvgIpc) is 3.13. The van der Waals surface area contributed by atoms with Crippen molar-refractivity contribution in [2.75, 3.05) is 45.4 Å². The molecule has 1 spiro atoms. The highest BCUT2D eigenvalue weighted by atomic mass is 19.1. The molecule has 36 heavy (non-hydrogen) atoms. The first-order valence-electron chi connectivity index (χ1n) is 12.3. The predicted octanol–water partition coefficient (Wildman–Crippen LogP) is 2.43. The van der Waals surface area contributed by atoms with E-state index in [1.165, 1.54) is 13.2 Å². The summed E-state index contributed by atoms with van der Waals surface area (Å²) in [6.07, 6.45) is 1.55. The lowest BCUT2D eigenvalue weighted by Gasteiger charge is -2.44. The van der Waals surface area contributed by atoms with Crippen LogP contribution in [-0.4, -0.2) is 79.6 Å². The number of ether oxygens (including phenoxy) is 1. The largest absolute Gasteiger partial charge is 0.382 e. The minimum Gasteiger partial charge on any atom is -0.382 e. The van der Waals surface area contributed by atoms with Gasteiger partial charge >= 0.3 is 0 Å². The maximum absolute atomic E-state index is 14.0. The van der Waals surface area contributed by atoms with Crippen LogP contribution in [0.3, 0.4) is 0 Å². The van der Waals surface area contributed by atoms with E-state index in [0.29, 0.717) is 44.6 Å². The summed E-state index contributed by atoms with van der Waals surface area (Å²) in [7, 11) is 3.25. The molecule has 2 aromatic carbocycles. The number of aryl methyl sites for hydroxylation is 1. The number of hydrogen-bond donors (Lipinski definition) is 1. The van der Waals surface area contributed by atoms with Gasteiger partial charge in [0, 0.05) is 38.5 Å². The quantitative estimate of drug-likeness (QED) is 0.637. The number of likely N-dealkylation sites (N-methyl/N-ethyl adjacent to an activating group) is 1. The van der Waals surface area contributed by atoms with E-state index in [-0.39, 0.29) is 24.0 Å². The molecular formula is C27H33FN4O4. The molecule has 2 saturated heterocycles. The Labute approximate surface area is 211 Å². The van der Waals surface area contributed by atoms with Gasteiger partial charge in [-0.2, -0.15) is 0 Å². The van der Waals surface area contributed by atoms with Crippen molar-refractivity contribution in [3.8, 4) is 0 Å². The molecular weight excluding hydrogens is 463 g/mol. The van der Waals surface area contributed by atoms with Gasteiger partial charge < -0.3 is 24.8 Å². The highest BCUT2D eigenvalue weighted by molar-refractivity contribution is 5.98. The lowest BCUT2D eigenvalue weighted by molar-refractivity contribution is -0.139. The number of amides is 3. The number of carbonyl (C=O) groups is 3. The third-order valence-electron chi connectivity index (χ3n) is 7.15. The van der Waals surface area contributed by atoms with Crippen molar-refractivity contribution in [3.63, 3.8) is 0 Å². The number of anilines is 1. The van der Waals surface area contributed by atoms with Crippen LogP contribution in [0, 0.1) is 5.82 Å². The van der Waals surface area contributed by atoms with E-state index in [0.717, 1.165) is 11.8 Å². The third-order valence-corrected chi connectivity index (χ3v) is 7.15. The molecule has 0 radical (unpaired) electrons. The normalized spacial score (nSPS) is 18.0. The Balaban J connectivity index is 1.47. The van der Waals surface area contributed by atoms with Gasteiger partial charge in [0.1, 0.15) is 17.4 Å². The predicted molar refractivity (Wildman–Crippen MR) is 134 cm³/mol. The molecule has 9 heteroatoms. The topological polar surface area (TPSA) is 82.2 Å². The summed E-state index contributed by atoms with van der Waals surface area (Å²) in [6, 6.07) is 13.1. The molecule has 3 amide bonds.